The van der Waals surface area contributed by atoms with E-state index in [0.29, 0.717) is 0 Å². The summed E-state index contributed by atoms with van der Waals surface area (Å²) in [6.45, 7) is 2.93. The largest absolute Gasteiger partial charge is 0.481 e. The minimum Gasteiger partial charge on any atom is -0.481 e. The maximum absolute atomic E-state index is 12.9. The van der Waals surface area contributed by atoms with Gasteiger partial charge in [0.2, 0.25) is 0 Å². The van der Waals surface area contributed by atoms with Crippen LogP contribution in [0.2, 0.25) is 0 Å². The molecule has 0 spiro atoms. The van der Waals surface area contributed by atoms with E-state index < -0.39 is 147 Å². The average Bonchev–Trinajstić information content (AvgIpc) is 3.25. The van der Waals surface area contributed by atoms with Gasteiger partial charge in [-0.1, -0.05) is 79.8 Å². The smallest absolute Gasteiger partial charge is 0.315 e. The second-order valence-corrected chi connectivity index (χ2v) is 18.2. The minimum atomic E-state index is -2.31. The molecule has 2 fully saturated rings. The van der Waals surface area contributed by atoms with E-state index in [0.717, 1.165) is 12.8 Å². The lowest BCUT2D eigenvalue weighted by molar-refractivity contribution is -0.299. The Balaban J connectivity index is 1.88. The van der Waals surface area contributed by atoms with Gasteiger partial charge in [0.1, 0.15) is 12.2 Å². The Morgan fingerprint density at radius 3 is 2.10 bits per heavy atom. The van der Waals surface area contributed by atoms with Gasteiger partial charge in [-0.25, -0.2) is 4.79 Å². The molecule has 3 aliphatic rings. The van der Waals surface area contributed by atoms with Crippen LogP contribution in [0.3, 0.4) is 0 Å². The molecule has 0 aliphatic carbocycles. The van der Waals surface area contributed by atoms with Gasteiger partial charge in [0.05, 0.1) is 92.6 Å². The molecule has 21 heteroatoms. The number of ether oxygens (including phenoxy) is 4. The van der Waals surface area contributed by atoms with Crippen LogP contribution in [0.1, 0.15) is 90.9 Å². The summed E-state index contributed by atoms with van der Waals surface area (Å²) in [6, 6.07) is -3.28. The monoisotopic (exact) mass is 984 g/mol. The number of carbonyl (C=O) groups excluding carboxylic acids is 2. The van der Waals surface area contributed by atoms with E-state index in [1.807, 2.05) is 49.5 Å². The molecule has 0 aromatic carbocycles. The first-order chi connectivity index (χ1) is 32.7. The molecule has 0 radical (unpaired) electrons. The molecule has 69 heavy (non-hydrogen) atoms. The Kier molecular flexibility index (Phi) is 26.5. The zero-order chi connectivity index (χ0) is 51.1. The van der Waals surface area contributed by atoms with Crippen LogP contribution in [0.4, 0.5) is 4.79 Å². The molecule has 2 saturated heterocycles. The fraction of sp³-hybridized carbons (Fsp3) is 0.688. The zero-order valence-electron chi connectivity index (χ0n) is 39.4. The van der Waals surface area contributed by atoms with Gasteiger partial charge in [-0.3, -0.25) is 9.59 Å². The molecule has 0 aromatic heterocycles. The third-order valence-corrected chi connectivity index (χ3v) is 11.9. The summed E-state index contributed by atoms with van der Waals surface area (Å²) in [5.74, 6) is -4.45. The highest BCUT2D eigenvalue weighted by Crippen LogP contribution is 2.35. The first-order valence-electron chi connectivity index (χ1n) is 23.7. The molecular weight excluding hydrogens is 907 g/mol. The quantitative estimate of drug-likeness (QED) is 0.153. The molecule has 2 bridgehead atoms. The second kappa shape index (κ2) is 30.7. The predicted octanol–water partition coefficient (Wildman–Crippen LogP) is -0.257. The van der Waals surface area contributed by atoms with Crippen LogP contribution in [0.5, 0.6) is 0 Å². The van der Waals surface area contributed by atoms with Gasteiger partial charge in [0.15, 0.2) is 12.1 Å². The Morgan fingerprint density at radius 2 is 1.41 bits per heavy atom. The number of nitrogens with two attached hydrogens (primary N) is 1. The summed E-state index contributed by atoms with van der Waals surface area (Å²) in [5, 5.41) is 122. The molecule has 392 valence electrons. The van der Waals surface area contributed by atoms with E-state index in [9.17, 15) is 65.4 Å². The highest BCUT2D eigenvalue weighted by atomic mass is 16.7. The number of fused-ring (bicyclic) bond motifs is 2. The highest BCUT2D eigenvalue weighted by molar-refractivity contribution is 5.75. The minimum absolute atomic E-state index is 0.112. The van der Waals surface area contributed by atoms with Crippen molar-refractivity contribution in [3.05, 3.63) is 72.9 Å². The average molecular weight is 984 g/mol. The standard InChI is InChI=1S/C48H77N3O18/c1-29-15-13-11-9-7-5-3-4-6-8-10-12-14-16-34(68-46-45(63)43(49)39(59)28-66-46)25-40-44(51-47(64)50-20-19-41(60)61)38(58)27-48(65,69-40)26-33(54)23-37(57)35(55)18-17-31(52)22-32(53)24-42(62)67-30(2)21-36(29)56/h3-4,6,8-16,29-40,43-46,52-59,63,65H,5,7,17-28,49H2,1-2H3,(H,60,61)(H2,50,51,64)/b4-3+,8-6+,11-9+,12-10+,15-13+,16-14+/t29-,30-,31+,32+,33-,34-,35+,36-,37+,38-,39+,40-,43-,44+,45-,46-,48+/m0/s1. The Hall–Kier alpha value is -3.91. The van der Waals surface area contributed by atoms with E-state index in [2.05, 4.69) is 10.6 Å². The summed E-state index contributed by atoms with van der Waals surface area (Å²) in [4.78, 5) is 36.5. The summed E-state index contributed by atoms with van der Waals surface area (Å²) < 4.78 is 23.2. The lowest BCUT2D eigenvalue weighted by Gasteiger charge is -2.46. The number of aliphatic carboxylic acids is 1. The van der Waals surface area contributed by atoms with E-state index in [-0.39, 0.29) is 51.2 Å². The molecule has 0 aromatic rings. The van der Waals surface area contributed by atoms with Crippen molar-refractivity contribution in [2.45, 2.75) is 188 Å². The van der Waals surface area contributed by atoms with Crippen molar-refractivity contribution in [2.24, 2.45) is 11.7 Å². The van der Waals surface area contributed by atoms with Crippen molar-refractivity contribution in [3.63, 3.8) is 0 Å². The third-order valence-electron chi connectivity index (χ3n) is 11.9. The van der Waals surface area contributed by atoms with Crippen LogP contribution in [-0.4, -0.2) is 185 Å². The number of rotatable bonds is 6. The number of carbonyl (C=O) groups is 3. The topological polar surface area (TPSA) is 361 Å². The number of cyclic esters (lactones) is 1. The Morgan fingerprint density at radius 1 is 0.754 bits per heavy atom. The van der Waals surface area contributed by atoms with Crippen LogP contribution in [-0.2, 0) is 28.5 Å². The number of aliphatic hydroxyl groups excluding tert-OH is 9. The lowest BCUT2D eigenvalue weighted by atomic mass is 9.87. The molecule has 3 heterocycles. The van der Waals surface area contributed by atoms with Crippen molar-refractivity contribution in [2.75, 3.05) is 13.2 Å². The number of urea groups is 1. The van der Waals surface area contributed by atoms with Crippen molar-refractivity contribution in [1.29, 1.82) is 0 Å². The van der Waals surface area contributed by atoms with Crippen LogP contribution in [0.15, 0.2) is 72.9 Å². The van der Waals surface area contributed by atoms with E-state index >= 15 is 0 Å². The Labute approximate surface area is 403 Å². The summed E-state index contributed by atoms with van der Waals surface area (Å²) in [7, 11) is 0. The summed E-state index contributed by atoms with van der Waals surface area (Å²) in [5.41, 5.74) is 5.99. The third kappa shape index (κ3) is 22.8. The number of allylic oxidation sites excluding steroid dienone is 10. The maximum Gasteiger partial charge on any atom is 0.315 e. The fourth-order valence-corrected chi connectivity index (χ4v) is 8.00. The van der Waals surface area contributed by atoms with Crippen LogP contribution >= 0.6 is 0 Å². The molecule has 17 atom stereocenters. The molecule has 3 rings (SSSR count). The first kappa shape index (κ1) is 59.4. The fourth-order valence-electron chi connectivity index (χ4n) is 8.00. The van der Waals surface area contributed by atoms with Crippen molar-refractivity contribution in [1.82, 2.24) is 10.6 Å². The number of hydrogen-bond donors (Lipinski definition) is 14. The van der Waals surface area contributed by atoms with Crippen molar-refractivity contribution >= 4 is 18.0 Å². The number of aliphatic hydroxyl groups is 10. The SMILES string of the molecule is C[C@H]1C[C@H](O)[C@@H](C)/C=C/C=C/CC/C=C/C=C/C=C/C=C/[C@H](O[C@@H]2OC[C@@H](O)[C@H](N)[C@@H]2O)C[C@@H]2O[C@](O)(C[C@@H](O)C[C@@H](O)[C@H](O)CC[C@@H](O)C[C@@H](O)CC(=O)O1)C[C@H](O)[C@H]2NC(=O)NCCC(=O)O. The van der Waals surface area contributed by atoms with Crippen LogP contribution in [0, 0.1) is 5.92 Å². The summed E-state index contributed by atoms with van der Waals surface area (Å²) in [6.07, 6.45) is 3.26. The molecule has 0 unspecified atom stereocenters. The lowest BCUT2D eigenvalue weighted by Crippen LogP contribution is -2.63. The number of amides is 2. The van der Waals surface area contributed by atoms with Gasteiger partial charge in [-0.15, -0.1) is 0 Å². The molecule has 3 aliphatic heterocycles. The van der Waals surface area contributed by atoms with Gasteiger partial charge < -0.3 is 91.5 Å². The first-order valence-corrected chi connectivity index (χ1v) is 23.7. The molecule has 0 saturated carbocycles. The van der Waals surface area contributed by atoms with Crippen LogP contribution < -0.4 is 16.4 Å². The number of hydrogen-bond acceptors (Lipinski definition) is 18. The van der Waals surface area contributed by atoms with Crippen molar-refractivity contribution in [3.8, 4) is 0 Å². The van der Waals surface area contributed by atoms with E-state index in [4.69, 9.17) is 29.8 Å². The molecule has 21 nitrogen and oxygen atoms in total. The van der Waals surface area contributed by atoms with Gasteiger partial charge in [0, 0.05) is 44.6 Å². The number of carboxylic acids is 1. The number of nitrogens with one attached hydrogen (secondary N) is 2. The van der Waals surface area contributed by atoms with Gasteiger partial charge in [-0.2, -0.15) is 0 Å². The van der Waals surface area contributed by atoms with Gasteiger partial charge in [-0.05, 0) is 39.0 Å². The molecule has 15 N–H and O–H groups in total. The predicted molar refractivity (Wildman–Crippen MR) is 249 cm³/mol. The number of carboxylic acid groups (broad SMARTS) is 1. The Bertz CT molecular complexity index is 1730. The second-order valence-electron chi connectivity index (χ2n) is 18.2. The normalized spacial score (nSPS) is 41.0. The summed E-state index contributed by atoms with van der Waals surface area (Å²) >= 11 is 0. The van der Waals surface area contributed by atoms with Gasteiger partial charge >= 0.3 is 18.0 Å². The number of esters is 1. The highest BCUT2D eigenvalue weighted by Gasteiger charge is 2.48. The van der Waals surface area contributed by atoms with Gasteiger partial charge in [0.25, 0.3) is 0 Å². The zero-order valence-corrected chi connectivity index (χ0v) is 39.4. The van der Waals surface area contributed by atoms with Crippen molar-refractivity contribution < 1.29 is 89.5 Å². The molecular formula is C48H77N3O18. The maximum atomic E-state index is 12.9. The van der Waals surface area contributed by atoms with E-state index in [1.165, 1.54) is 0 Å². The van der Waals surface area contributed by atoms with E-state index in [1.54, 1.807) is 37.3 Å². The molecule has 2 amide bonds. The van der Waals surface area contributed by atoms with Crippen LogP contribution in [0.25, 0.3) is 0 Å².